The van der Waals surface area contributed by atoms with Gasteiger partial charge in [-0.1, -0.05) is 13.8 Å². The van der Waals surface area contributed by atoms with Crippen LogP contribution in [-0.2, 0) is 9.53 Å². The molecule has 4 aliphatic carbocycles. The second-order valence-corrected chi connectivity index (χ2v) is 12.3. The maximum absolute atomic E-state index is 11.6. The third-order valence-corrected chi connectivity index (χ3v) is 11.2. The van der Waals surface area contributed by atoms with E-state index in [1.54, 1.807) is 0 Å². The van der Waals surface area contributed by atoms with Crippen LogP contribution in [0.15, 0.2) is 0 Å². The van der Waals surface area contributed by atoms with Gasteiger partial charge in [-0.25, -0.2) is 4.79 Å². The van der Waals surface area contributed by atoms with Gasteiger partial charge in [-0.05, 0) is 92.3 Å². The summed E-state index contributed by atoms with van der Waals surface area (Å²) in [6, 6.07) is 0. The summed E-state index contributed by atoms with van der Waals surface area (Å²) in [7, 11) is 0. The minimum absolute atomic E-state index is 0.0274. The molecule has 8 nitrogen and oxygen atoms in total. The fourth-order valence-corrected chi connectivity index (χ4v) is 9.09. The van der Waals surface area contributed by atoms with Crippen LogP contribution in [0.25, 0.3) is 0 Å². The molecule has 0 amide bonds. The number of carbonyl (C=O) groups is 1. The number of hydrogen-bond donors (Lipinski definition) is 6. The summed E-state index contributed by atoms with van der Waals surface area (Å²) >= 11 is 0. The second-order valence-electron chi connectivity index (χ2n) is 12.3. The molecule has 0 aromatic heterocycles. The molecule has 1 aliphatic heterocycles. The van der Waals surface area contributed by atoms with Gasteiger partial charge in [0.05, 0.1) is 6.10 Å². The molecule has 0 radical (unpaired) electrons. The predicted octanol–water partition coefficient (Wildman–Crippen LogP) is 1.26. The summed E-state index contributed by atoms with van der Waals surface area (Å²) in [4.78, 5) is 11.6. The van der Waals surface area contributed by atoms with Crippen LogP contribution in [0.2, 0.25) is 0 Å². The van der Waals surface area contributed by atoms with E-state index in [9.17, 15) is 35.4 Å². The van der Waals surface area contributed by atoms with E-state index in [4.69, 9.17) is 4.74 Å². The van der Waals surface area contributed by atoms with E-state index in [2.05, 4.69) is 13.8 Å². The number of carboxylic acids is 1. The van der Waals surface area contributed by atoms with Gasteiger partial charge in [0.2, 0.25) is 0 Å². The van der Waals surface area contributed by atoms with Crippen molar-refractivity contribution in [3.05, 3.63) is 0 Å². The van der Waals surface area contributed by atoms with Crippen LogP contribution < -0.4 is 0 Å². The summed E-state index contributed by atoms with van der Waals surface area (Å²) in [5.41, 5.74) is 0.119. The molecule has 4 unspecified atom stereocenters. The van der Waals surface area contributed by atoms with E-state index in [0.29, 0.717) is 36.5 Å². The molecule has 5 aliphatic rings. The van der Waals surface area contributed by atoms with E-state index in [-0.39, 0.29) is 16.9 Å². The highest BCUT2D eigenvalue weighted by Crippen LogP contribution is 2.67. The zero-order valence-electron chi connectivity index (χ0n) is 19.6. The van der Waals surface area contributed by atoms with Gasteiger partial charge in [-0.3, -0.25) is 0 Å². The molecule has 188 valence electrons. The molecule has 0 aromatic carbocycles. The molecule has 0 bridgehead atoms. The smallest absolute Gasteiger partial charge is 0.335 e. The number of aliphatic carboxylic acids is 1. The van der Waals surface area contributed by atoms with Gasteiger partial charge in [0.25, 0.3) is 0 Å². The maximum atomic E-state index is 11.6. The number of hydrogen-bond acceptors (Lipinski definition) is 7. The van der Waals surface area contributed by atoms with Crippen molar-refractivity contribution in [1.82, 2.24) is 0 Å². The van der Waals surface area contributed by atoms with E-state index in [0.717, 1.165) is 44.9 Å². The Labute approximate surface area is 195 Å². The molecule has 0 spiro atoms. The van der Waals surface area contributed by atoms with Crippen molar-refractivity contribution >= 4 is 5.97 Å². The Bertz CT molecular complexity index is 790. The Morgan fingerprint density at radius 3 is 2.18 bits per heavy atom. The maximum Gasteiger partial charge on any atom is 0.335 e. The Morgan fingerprint density at radius 1 is 0.818 bits per heavy atom. The molecule has 13 atom stereocenters. The summed E-state index contributed by atoms with van der Waals surface area (Å²) in [5.74, 6) is -2.17. The summed E-state index contributed by atoms with van der Waals surface area (Å²) < 4.78 is 5.44. The molecule has 33 heavy (non-hydrogen) atoms. The molecule has 1 saturated heterocycles. The first-order valence-electron chi connectivity index (χ1n) is 12.8. The van der Waals surface area contributed by atoms with Gasteiger partial charge in [0.15, 0.2) is 11.9 Å². The first kappa shape index (κ1) is 23.9. The molecular weight excluding hydrogens is 428 g/mol. The zero-order valence-corrected chi connectivity index (χ0v) is 19.6. The minimum Gasteiger partial charge on any atom is -0.479 e. The highest BCUT2D eigenvalue weighted by molar-refractivity contribution is 5.73. The minimum atomic E-state index is -2.21. The third-order valence-electron chi connectivity index (χ3n) is 11.2. The summed E-state index contributed by atoms with van der Waals surface area (Å²) in [5, 5.41) is 62.3. The fourth-order valence-electron chi connectivity index (χ4n) is 9.09. The quantitative estimate of drug-likeness (QED) is 0.355. The second kappa shape index (κ2) is 7.87. The van der Waals surface area contributed by atoms with Crippen molar-refractivity contribution in [2.75, 3.05) is 0 Å². The average molecular weight is 469 g/mol. The summed E-state index contributed by atoms with van der Waals surface area (Å²) in [6.45, 7) is 4.63. The van der Waals surface area contributed by atoms with Crippen molar-refractivity contribution < 1.29 is 40.2 Å². The number of fused-ring (bicyclic) bond motifs is 5. The number of carboxylic acid groups (broad SMARTS) is 1. The van der Waals surface area contributed by atoms with Crippen LogP contribution >= 0.6 is 0 Å². The van der Waals surface area contributed by atoms with Gasteiger partial charge < -0.3 is 35.4 Å². The van der Waals surface area contributed by atoms with Gasteiger partial charge in [-0.15, -0.1) is 0 Å². The molecular formula is C25H40O8. The van der Waals surface area contributed by atoms with Crippen LogP contribution in [0.4, 0.5) is 0 Å². The van der Waals surface area contributed by atoms with Crippen molar-refractivity contribution in [3.8, 4) is 0 Å². The molecule has 5 fully saturated rings. The lowest BCUT2D eigenvalue weighted by Crippen LogP contribution is -2.69. The van der Waals surface area contributed by atoms with Gasteiger partial charge in [0, 0.05) is 5.92 Å². The highest BCUT2D eigenvalue weighted by atomic mass is 16.7. The SMILES string of the molecule is C[C@]12CCC(C3(O)O[C@H](C(=O)O)[C@@H](O)[C@H](O)[C@H]3O)CC1CC[C@@H]1[C@@H]2CC[C@]2(C)C(O)CC[C@@H]12. The summed E-state index contributed by atoms with van der Waals surface area (Å²) in [6.07, 6.45) is 0.845. The highest BCUT2D eigenvalue weighted by Gasteiger charge is 2.63. The number of rotatable bonds is 2. The third kappa shape index (κ3) is 3.28. The van der Waals surface area contributed by atoms with Crippen molar-refractivity contribution in [2.45, 2.75) is 108 Å². The lowest BCUT2D eigenvalue weighted by molar-refractivity contribution is -0.366. The van der Waals surface area contributed by atoms with E-state index < -0.39 is 42.1 Å². The standard InChI is InChI=1S/C25H40O8/c1-23-9-7-13(25(32)21(29)19(28)18(27)20(33-25)22(30)31)11-12(23)3-4-14-15-5-6-17(26)24(15,2)10-8-16(14)23/h12-21,26-29,32H,3-11H2,1-2H3,(H,30,31)/t12?,13?,14-,15-,16-,17?,18-,19-,20-,21+,23-,24-,25?/m0/s1. The van der Waals surface area contributed by atoms with Crippen molar-refractivity contribution in [2.24, 2.45) is 40.4 Å². The zero-order chi connectivity index (χ0) is 23.9. The Kier molecular flexibility index (Phi) is 5.71. The lowest BCUT2D eigenvalue weighted by atomic mass is 9.44. The Balaban J connectivity index is 1.36. The molecule has 8 heteroatoms. The van der Waals surface area contributed by atoms with E-state index in [1.165, 1.54) is 0 Å². The normalized spacial score (nSPS) is 58.8. The molecule has 6 N–H and O–H groups in total. The van der Waals surface area contributed by atoms with Crippen LogP contribution in [0.3, 0.4) is 0 Å². The van der Waals surface area contributed by atoms with Crippen LogP contribution in [0.1, 0.15) is 71.6 Å². The van der Waals surface area contributed by atoms with E-state index in [1.807, 2.05) is 0 Å². The monoisotopic (exact) mass is 468 g/mol. The van der Waals surface area contributed by atoms with Crippen LogP contribution in [0, 0.1) is 40.4 Å². The fraction of sp³-hybridized carbons (Fsp3) is 0.960. The van der Waals surface area contributed by atoms with Gasteiger partial charge >= 0.3 is 5.97 Å². The molecule has 5 rings (SSSR count). The lowest BCUT2D eigenvalue weighted by Gasteiger charge is -2.62. The predicted molar refractivity (Wildman–Crippen MR) is 117 cm³/mol. The largest absolute Gasteiger partial charge is 0.479 e. The van der Waals surface area contributed by atoms with Gasteiger partial charge in [-0.2, -0.15) is 0 Å². The number of ether oxygens (including phenoxy) is 1. The van der Waals surface area contributed by atoms with Crippen molar-refractivity contribution in [3.63, 3.8) is 0 Å². The topological polar surface area (TPSA) is 148 Å². The molecule has 4 saturated carbocycles. The van der Waals surface area contributed by atoms with Crippen molar-refractivity contribution in [1.29, 1.82) is 0 Å². The molecule has 1 heterocycles. The Hall–Kier alpha value is -0.770. The van der Waals surface area contributed by atoms with Crippen LogP contribution in [-0.4, -0.2) is 72.9 Å². The first-order valence-corrected chi connectivity index (χ1v) is 12.8. The van der Waals surface area contributed by atoms with E-state index >= 15 is 0 Å². The van der Waals surface area contributed by atoms with Crippen LogP contribution in [0.5, 0.6) is 0 Å². The number of aliphatic hydroxyl groups is 5. The Morgan fingerprint density at radius 2 is 1.48 bits per heavy atom. The molecule has 0 aromatic rings. The number of aliphatic hydroxyl groups excluding tert-OH is 4. The first-order chi connectivity index (χ1) is 15.4. The average Bonchev–Trinajstić information content (AvgIpc) is 3.08. The van der Waals surface area contributed by atoms with Gasteiger partial charge in [0.1, 0.15) is 18.3 Å².